The first kappa shape index (κ1) is 12.9. The summed E-state index contributed by atoms with van der Waals surface area (Å²) >= 11 is 5.92. The van der Waals surface area contributed by atoms with E-state index in [2.05, 4.69) is 24.0 Å². The van der Waals surface area contributed by atoms with Crippen LogP contribution in [0.4, 0.5) is 0 Å². The first-order valence-electron chi connectivity index (χ1n) is 6.42. The monoisotopic (exact) mass is 252 g/mol. The number of halogens is 1. The molecule has 0 aromatic heterocycles. The molecule has 2 atom stereocenters. The normalized spacial score (nSPS) is 20.4. The number of hydrogen-bond donors (Lipinski definition) is 1. The Kier molecular flexibility index (Phi) is 4.43. The molecule has 1 aliphatic heterocycles. The van der Waals surface area contributed by atoms with E-state index in [9.17, 15) is 0 Å². The van der Waals surface area contributed by atoms with Gasteiger partial charge in [-0.3, -0.25) is 4.90 Å². The minimum absolute atomic E-state index is 0.457. The molecule has 17 heavy (non-hydrogen) atoms. The molecule has 2 N–H and O–H groups in total. The summed E-state index contributed by atoms with van der Waals surface area (Å²) in [6, 6.07) is 8.62. The van der Waals surface area contributed by atoms with Crippen LogP contribution in [-0.4, -0.2) is 30.6 Å². The van der Waals surface area contributed by atoms with Gasteiger partial charge in [0.25, 0.3) is 0 Å². The van der Waals surface area contributed by atoms with Crippen molar-refractivity contribution < 1.29 is 0 Å². The van der Waals surface area contributed by atoms with Gasteiger partial charge in [0.2, 0.25) is 0 Å². The van der Waals surface area contributed by atoms with Crippen molar-refractivity contribution in [2.75, 3.05) is 19.6 Å². The van der Waals surface area contributed by atoms with Crippen LogP contribution in [0.2, 0.25) is 5.02 Å². The number of nitrogens with zero attached hydrogens (tertiary/aromatic N) is 1. The predicted molar refractivity (Wildman–Crippen MR) is 73.5 cm³/mol. The van der Waals surface area contributed by atoms with E-state index < -0.39 is 0 Å². The second kappa shape index (κ2) is 5.85. The van der Waals surface area contributed by atoms with Gasteiger partial charge in [0.15, 0.2) is 0 Å². The summed E-state index contributed by atoms with van der Waals surface area (Å²) in [4.78, 5) is 2.53. The number of rotatable bonds is 4. The summed E-state index contributed by atoms with van der Waals surface area (Å²) in [5, 5.41) is 0.798. The smallest absolute Gasteiger partial charge is 0.0406 e. The molecule has 0 aliphatic carbocycles. The molecule has 0 radical (unpaired) electrons. The fourth-order valence-corrected chi connectivity index (χ4v) is 2.86. The quantitative estimate of drug-likeness (QED) is 0.893. The second-order valence-electron chi connectivity index (χ2n) is 4.89. The van der Waals surface area contributed by atoms with Crippen molar-refractivity contribution in [2.45, 2.75) is 31.7 Å². The van der Waals surface area contributed by atoms with Crippen molar-refractivity contribution in [3.8, 4) is 0 Å². The summed E-state index contributed by atoms with van der Waals surface area (Å²) in [5.74, 6) is 0.468. The molecule has 3 heteroatoms. The molecular formula is C14H21ClN2. The molecule has 1 fully saturated rings. The van der Waals surface area contributed by atoms with E-state index in [1.807, 2.05) is 12.1 Å². The van der Waals surface area contributed by atoms with Crippen molar-refractivity contribution in [1.82, 2.24) is 4.90 Å². The third kappa shape index (κ3) is 3.01. The van der Waals surface area contributed by atoms with Crippen LogP contribution in [-0.2, 0) is 0 Å². The van der Waals surface area contributed by atoms with Crippen molar-refractivity contribution in [1.29, 1.82) is 0 Å². The molecule has 2 nitrogen and oxygen atoms in total. The molecule has 94 valence electrons. The molecule has 1 aromatic carbocycles. The minimum Gasteiger partial charge on any atom is -0.329 e. The van der Waals surface area contributed by atoms with E-state index in [0.29, 0.717) is 12.0 Å². The summed E-state index contributed by atoms with van der Waals surface area (Å²) < 4.78 is 0. The number of hydrogen-bond acceptors (Lipinski definition) is 2. The highest BCUT2D eigenvalue weighted by Crippen LogP contribution is 2.26. The Hall–Kier alpha value is -0.570. The molecule has 0 saturated carbocycles. The topological polar surface area (TPSA) is 29.3 Å². The van der Waals surface area contributed by atoms with Crippen LogP contribution in [0.15, 0.2) is 24.3 Å². The van der Waals surface area contributed by atoms with Gasteiger partial charge in [0.05, 0.1) is 0 Å². The Morgan fingerprint density at radius 2 is 1.82 bits per heavy atom. The van der Waals surface area contributed by atoms with E-state index in [1.54, 1.807) is 0 Å². The van der Waals surface area contributed by atoms with Crippen molar-refractivity contribution >= 4 is 11.6 Å². The maximum Gasteiger partial charge on any atom is 0.0406 e. The van der Waals surface area contributed by atoms with Gasteiger partial charge in [-0.05, 0) is 49.5 Å². The molecule has 2 rings (SSSR count). The van der Waals surface area contributed by atoms with Crippen LogP contribution in [0, 0.1) is 0 Å². The lowest BCUT2D eigenvalue weighted by Gasteiger charge is -2.31. The molecule has 0 bridgehead atoms. The first-order chi connectivity index (χ1) is 8.22. The van der Waals surface area contributed by atoms with Gasteiger partial charge < -0.3 is 5.73 Å². The molecule has 1 heterocycles. The van der Waals surface area contributed by atoms with E-state index >= 15 is 0 Å². The van der Waals surface area contributed by atoms with E-state index in [-0.39, 0.29) is 0 Å². The van der Waals surface area contributed by atoms with Gasteiger partial charge in [-0.2, -0.15) is 0 Å². The first-order valence-corrected chi connectivity index (χ1v) is 6.79. The highest BCUT2D eigenvalue weighted by Gasteiger charge is 2.26. The number of nitrogens with two attached hydrogens (primary N) is 1. The fraction of sp³-hybridized carbons (Fsp3) is 0.571. The van der Waals surface area contributed by atoms with Crippen molar-refractivity contribution in [3.63, 3.8) is 0 Å². The SMILES string of the molecule is CC(c1ccc(Cl)cc1)C(CN)N1CCCC1. The van der Waals surface area contributed by atoms with E-state index in [1.165, 1.54) is 31.5 Å². The van der Waals surface area contributed by atoms with Crippen LogP contribution in [0.5, 0.6) is 0 Å². The molecule has 0 spiro atoms. The van der Waals surface area contributed by atoms with Crippen LogP contribution < -0.4 is 5.73 Å². The van der Waals surface area contributed by atoms with Gasteiger partial charge in [-0.25, -0.2) is 0 Å². The van der Waals surface area contributed by atoms with Crippen LogP contribution in [0.1, 0.15) is 31.2 Å². The van der Waals surface area contributed by atoms with Crippen LogP contribution >= 0.6 is 11.6 Å². The number of likely N-dealkylation sites (tertiary alicyclic amines) is 1. The molecule has 1 aromatic rings. The van der Waals surface area contributed by atoms with Crippen molar-refractivity contribution in [2.24, 2.45) is 5.73 Å². The van der Waals surface area contributed by atoms with Crippen LogP contribution in [0.3, 0.4) is 0 Å². The van der Waals surface area contributed by atoms with Gasteiger partial charge >= 0.3 is 0 Å². The third-order valence-corrected chi connectivity index (χ3v) is 4.08. The molecule has 1 saturated heterocycles. The summed E-state index contributed by atoms with van der Waals surface area (Å²) in [5.41, 5.74) is 7.28. The zero-order chi connectivity index (χ0) is 12.3. The molecule has 0 amide bonds. The maximum absolute atomic E-state index is 5.95. The zero-order valence-electron chi connectivity index (χ0n) is 10.4. The fourth-order valence-electron chi connectivity index (χ4n) is 2.73. The van der Waals surface area contributed by atoms with Gasteiger partial charge in [-0.15, -0.1) is 0 Å². The van der Waals surface area contributed by atoms with Crippen molar-refractivity contribution in [3.05, 3.63) is 34.9 Å². The summed E-state index contributed by atoms with van der Waals surface area (Å²) in [6.07, 6.45) is 2.62. The molecule has 1 aliphatic rings. The highest BCUT2D eigenvalue weighted by atomic mass is 35.5. The predicted octanol–water partition coefficient (Wildman–Crippen LogP) is 2.87. The van der Waals surface area contributed by atoms with Gasteiger partial charge in [-0.1, -0.05) is 30.7 Å². The lowest BCUT2D eigenvalue weighted by molar-refractivity contribution is 0.221. The Bertz CT molecular complexity index is 344. The minimum atomic E-state index is 0.457. The Labute approximate surface area is 109 Å². The molecular weight excluding hydrogens is 232 g/mol. The second-order valence-corrected chi connectivity index (χ2v) is 5.32. The van der Waals surface area contributed by atoms with Crippen LogP contribution in [0.25, 0.3) is 0 Å². The standard InChI is InChI=1S/C14H21ClN2/c1-11(12-4-6-13(15)7-5-12)14(10-16)17-8-2-3-9-17/h4-7,11,14H,2-3,8-10,16H2,1H3. The Morgan fingerprint density at radius 3 is 2.35 bits per heavy atom. The lowest BCUT2D eigenvalue weighted by atomic mass is 9.92. The zero-order valence-corrected chi connectivity index (χ0v) is 11.2. The van der Waals surface area contributed by atoms with E-state index in [4.69, 9.17) is 17.3 Å². The summed E-state index contributed by atoms with van der Waals surface area (Å²) in [7, 11) is 0. The third-order valence-electron chi connectivity index (χ3n) is 3.82. The molecule has 2 unspecified atom stereocenters. The highest BCUT2D eigenvalue weighted by molar-refractivity contribution is 6.30. The van der Waals surface area contributed by atoms with Gasteiger partial charge in [0, 0.05) is 17.6 Å². The average molecular weight is 253 g/mol. The Balaban J connectivity index is 2.10. The largest absolute Gasteiger partial charge is 0.329 e. The average Bonchev–Trinajstić information content (AvgIpc) is 2.84. The van der Waals surface area contributed by atoms with E-state index in [0.717, 1.165) is 11.6 Å². The maximum atomic E-state index is 5.95. The van der Waals surface area contributed by atoms with Gasteiger partial charge in [0.1, 0.15) is 0 Å². The summed E-state index contributed by atoms with van der Waals surface area (Å²) in [6.45, 7) is 5.38. The lowest BCUT2D eigenvalue weighted by Crippen LogP contribution is -2.42. The number of benzene rings is 1. The Morgan fingerprint density at radius 1 is 1.24 bits per heavy atom.